The lowest BCUT2D eigenvalue weighted by Gasteiger charge is -2.38. The number of hydrogen-bond acceptors (Lipinski definition) is 4. The molecule has 2 rings (SSSR count). The summed E-state index contributed by atoms with van der Waals surface area (Å²) in [6.45, 7) is 6.54. The Bertz CT molecular complexity index is 379. The molecule has 1 atom stereocenters. The van der Waals surface area contributed by atoms with Crippen molar-refractivity contribution in [3.63, 3.8) is 0 Å². The highest BCUT2D eigenvalue weighted by Crippen LogP contribution is 2.26. The number of anilines is 2. The van der Waals surface area contributed by atoms with Crippen molar-refractivity contribution in [1.29, 1.82) is 0 Å². The minimum atomic E-state index is -0.570. The van der Waals surface area contributed by atoms with Crippen LogP contribution < -0.4 is 10.2 Å². The molecule has 0 saturated carbocycles. The van der Waals surface area contributed by atoms with Crippen LogP contribution in [0.15, 0.2) is 18.3 Å². The molecule has 1 aliphatic rings. The zero-order valence-electron chi connectivity index (χ0n) is 10.6. The summed E-state index contributed by atoms with van der Waals surface area (Å²) >= 11 is 0. The van der Waals surface area contributed by atoms with Gasteiger partial charge in [-0.3, -0.25) is 0 Å². The fourth-order valence-corrected chi connectivity index (χ4v) is 2.33. The quantitative estimate of drug-likeness (QED) is 0.839. The first kappa shape index (κ1) is 12.2. The summed E-state index contributed by atoms with van der Waals surface area (Å²) in [7, 11) is 0. The van der Waals surface area contributed by atoms with Crippen molar-refractivity contribution >= 4 is 11.5 Å². The van der Waals surface area contributed by atoms with Crippen LogP contribution in [0, 0.1) is 0 Å². The summed E-state index contributed by atoms with van der Waals surface area (Å²) in [6.07, 6.45) is 3.73. The molecule has 1 fully saturated rings. The van der Waals surface area contributed by atoms with Gasteiger partial charge in [-0.15, -0.1) is 0 Å². The molecule has 0 radical (unpaired) electrons. The summed E-state index contributed by atoms with van der Waals surface area (Å²) < 4.78 is 0. The van der Waals surface area contributed by atoms with E-state index in [2.05, 4.69) is 22.1 Å². The van der Waals surface area contributed by atoms with Gasteiger partial charge in [0.1, 0.15) is 5.82 Å². The third kappa shape index (κ3) is 3.09. The Morgan fingerprint density at radius 2 is 2.41 bits per heavy atom. The van der Waals surface area contributed by atoms with E-state index in [1.54, 1.807) is 0 Å². The molecular formula is C13H21N3O. The molecule has 0 aliphatic carbocycles. The number of hydrogen-bond donors (Lipinski definition) is 2. The van der Waals surface area contributed by atoms with E-state index in [0.29, 0.717) is 6.54 Å². The largest absolute Gasteiger partial charge is 0.388 e. The van der Waals surface area contributed by atoms with Crippen LogP contribution in [0.25, 0.3) is 0 Å². The van der Waals surface area contributed by atoms with E-state index >= 15 is 0 Å². The van der Waals surface area contributed by atoms with Gasteiger partial charge in [0.2, 0.25) is 0 Å². The molecule has 4 nitrogen and oxygen atoms in total. The Labute approximate surface area is 103 Å². The van der Waals surface area contributed by atoms with Crippen LogP contribution in [0.3, 0.4) is 0 Å². The second-order valence-electron chi connectivity index (χ2n) is 4.95. The first-order chi connectivity index (χ1) is 8.11. The van der Waals surface area contributed by atoms with Crippen LogP contribution in [-0.4, -0.2) is 35.3 Å². The van der Waals surface area contributed by atoms with Crippen molar-refractivity contribution in [3.8, 4) is 0 Å². The molecular weight excluding hydrogens is 214 g/mol. The number of aromatic nitrogens is 1. The number of nitrogens with zero attached hydrogens (tertiary/aromatic N) is 2. The van der Waals surface area contributed by atoms with E-state index in [0.717, 1.165) is 37.4 Å². The van der Waals surface area contributed by atoms with Gasteiger partial charge in [-0.25, -0.2) is 4.98 Å². The van der Waals surface area contributed by atoms with Crippen molar-refractivity contribution in [2.24, 2.45) is 0 Å². The average molecular weight is 235 g/mol. The van der Waals surface area contributed by atoms with Crippen LogP contribution in [0.2, 0.25) is 0 Å². The summed E-state index contributed by atoms with van der Waals surface area (Å²) in [5.41, 5.74) is 0.566. The molecule has 1 unspecified atom stereocenters. The van der Waals surface area contributed by atoms with Crippen LogP contribution >= 0.6 is 0 Å². The Hall–Kier alpha value is -1.29. The van der Waals surface area contributed by atoms with Gasteiger partial charge in [-0.1, -0.05) is 0 Å². The van der Waals surface area contributed by atoms with Gasteiger partial charge in [0.25, 0.3) is 0 Å². The number of pyridine rings is 1. The molecule has 94 valence electrons. The molecule has 4 heteroatoms. The van der Waals surface area contributed by atoms with Crippen LogP contribution in [0.4, 0.5) is 11.5 Å². The molecule has 17 heavy (non-hydrogen) atoms. The fourth-order valence-electron chi connectivity index (χ4n) is 2.33. The molecule has 0 aromatic carbocycles. The normalized spacial score (nSPS) is 24.8. The Balaban J connectivity index is 2.13. The number of aliphatic hydroxyl groups is 1. The van der Waals surface area contributed by atoms with E-state index < -0.39 is 5.60 Å². The summed E-state index contributed by atoms with van der Waals surface area (Å²) in [5.74, 6) is 0.898. The third-order valence-electron chi connectivity index (χ3n) is 3.14. The summed E-state index contributed by atoms with van der Waals surface area (Å²) in [5, 5.41) is 13.3. The van der Waals surface area contributed by atoms with Gasteiger partial charge >= 0.3 is 0 Å². The second kappa shape index (κ2) is 4.92. The topological polar surface area (TPSA) is 48.4 Å². The Morgan fingerprint density at radius 3 is 3.12 bits per heavy atom. The van der Waals surface area contributed by atoms with Crippen molar-refractivity contribution in [2.45, 2.75) is 32.3 Å². The highest BCUT2D eigenvalue weighted by molar-refractivity contribution is 5.54. The first-order valence-electron chi connectivity index (χ1n) is 6.28. The first-order valence-corrected chi connectivity index (χ1v) is 6.28. The molecule has 1 saturated heterocycles. The zero-order chi connectivity index (χ0) is 12.3. The molecule has 2 heterocycles. The van der Waals surface area contributed by atoms with Crippen molar-refractivity contribution in [1.82, 2.24) is 4.98 Å². The lowest BCUT2D eigenvalue weighted by Crippen LogP contribution is -2.46. The lowest BCUT2D eigenvalue weighted by molar-refractivity contribution is 0.0449. The van der Waals surface area contributed by atoms with E-state index in [-0.39, 0.29) is 0 Å². The molecule has 1 aliphatic heterocycles. The zero-order valence-corrected chi connectivity index (χ0v) is 10.6. The van der Waals surface area contributed by atoms with E-state index in [1.165, 1.54) is 0 Å². The van der Waals surface area contributed by atoms with Crippen molar-refractivity contribution in [2.75, 3.05) is 29.9 Å². The van der Waals surface area contributed by atoms with E-state index in [4.69, 9.17) is 0 Å². The Kier molecular flexibility index (Phi) is 3.52. The maximum absolute atomic E-state index is 10.1. The van der Waals surface area contributed by atoms with E-state index in [9.17, 15) is 5.11 Å². The molecule has 1 aromatic rings. The summed E-state index contributed by atoms with van der Waals surface area (Å²) in [6, 6.07) is 4.05. The van der Waals surface area contributed by atoms with Gasteiger partial charge in [0.05, 0.1) is 5.60 Å². The van der Waals surface area contributed by atoms with Gasteiger partial charge in [-0.05, 0) is 32.8 Å². The van der Waals surface area contributed by atoms with Crippen LogP contribution in [0.5, 0.6) is 0 Å². The SMILES string of the molecule is CCNc1cc(N2CCCC(C)(O)C2)ccn1. The van der Waals surface area contributed by atoms with Crippen molar-refractivity contribution < 1.29 is 5.11 Å². The average Bonchev–Trinajstić information content (AvgIpc) is 2.28. The van der Waals surface area contributed by atoms with Gasteiger partial charge < -0.3 is 15.3 Å². The van der Waals surface area contributed by atoms with Crippen LogP contribution in [-0.2, 0) is 0 Å². The third-order valence-corrected chi connectivity index (χ3v) is 3.14. The molecule has 0 amide bonds. The van der Waals surface area contributed by atoms with Gasteiger partial charge in [-0.2, -0.15) is 0 Å². The predicted molar refractivity (Wildman–Crippen MR) is 70.5 cm³/mol. The van der Waals surface area contributed by atoms with Crippen LogP contribution in [0.1, 0.15) is 26.7 Å². The highest BCUT2D eigenvalue weighted by atomic mass is 16.3. The Morgan fingerprint density at radius 1 is 1.59 bits per heavy atom. The fraction of sp³-hybridized carbons (Fsp3) is 0.615. The summed E-state index contributed by atoms with van der Waals surface area (Å²) in [4.78, 5) is 6.49. The molecule has 0 spiro atoms. The smallest absolute Gasteiger partial charge is 0.127 e. The number of rotatable bonds is 3. The maximum Gasteiger partial charge on any atom is 0.127 e. The molecule has 1 aromatic heterocycles. The predicted octanol–water partition coefficient (Wildman–Crippen LogP) is 1.86. The molecule has 0 bridgehead atoms. The highest BCUT2D eigenvalue weighted by Gasteiger charge is 2.28. The number of piperidine rings is 1. The molecule has 2 N–H and O–H groups in total. The standard InChI is InChI=1S/C13H21N3O/c1-3-14-12-9-11(5-7-15-12)16-8-4-6-13(2,17)10-16/h5,7,9,17H,3-4,6,8,10H2,1-2H3,(H,14,15). The van der Waals surface area contributed by atoms with Gasteiger partial charge in [0.15, 0.2) is 0 Å². The number of nitrogens with one attached hydrogen (secondary N) is 1. The minimum Gasteiger partial charge on any atom is -0.388 e. The minimum absolute atomic E-state index is 0.570. The number of β-amino-alcohol motifs (C(OH)–C–C–N with tert-alkyl or cyclic N) is 1. The maximum atomic E-state index is 10.1. The van der Waals surface area contributed by atoms with E-state index in [1.807, 2.05) is 25.3 Å². The van der Waals surface area contributed by atoms with Crippen molar-refractivity contribution in [3.05, 3.63) is 18.3 Å². The monoisotopic (exact) mass is 235 g/mol. The van der Waals surface area contributed by atoms with Gasteiger partial charge in [0, 0.05) is 37.6 Å². The second-order valence-corrected chi connectivity index (χ2v) is 4.95. The lowest BCUT2D eigenvalue weighted by atomic mass is 9.95.